The molecular formula is C11H17F3N2O3S. The van der Waals surface area contributed by atoms with Crippen LogP contribution in [0, 0.1) is 0 Å². The van der Waals surface area contributed by atoms with Crippen LogP contribution in [0.15, 0.2) is 21.6 Å². The Morgan fingerprint density at radius 1 is 1.35 bits per heavy atom. The van der Waals surface area contributed by atoms with E-state index in [0.29, 0.717) is 12.3 Å². The lowest BCUT2D eigenvalue weighted by Crippen LogP contribution is -2.35. The molecule has 1 aromatic heterocycles. The predicted molar refractivity (Wildman–Crippen MR) is 66.6 cm³/mol. The van der Waals surface area contributed by atoms with Gasteiger partial charge in [0.2, 0.25) is 5.09 Å². The smallest absolute Gasteiger partial charge is 0.402 e. The molecule has 0 fully saturated rings. The van der Waals surface area contributed by atoms with Gasteiger partial charge in [0.1, 0.15) is 12.3 Å². The fourth-order valence-electron chi connectivity index (χ4n) is 1.39. The summed E-state index contributed by atoms with van der Waals surface area (Å²) >= 11 is 0. The molecule has 9 heteroatoms. The average molecular weight is 314 g/mol. The lowest BCUT2D eigenvalue weighted by atomic mass is 10.3. The zero-order valence-electron chi connectivity index (χ0n) is 11.4. The highest BCUT2D eigenvalue weighted by molar-refractivity contribution is 7.89. The lowest BCUT2D eigenvalue weighted by Gasteiger charge is -2.17. The van der Waals surface area contributed by atoms with E-state index in [9.17, 15) is 21.6 Å². The lowest BCUT2D eigenvalue weighted by molar-refractivity contribution is -0.134. The predicted octanol–water partition coefficient (Wildman–Crippen LogP) is 1.96. The van der Waals surface area contributed by atoms with Crippen LogP contribution in [0.3, 0.4) is 0 Å². The maximum atomic E-state index is 12.2. The molecule has 0 saturated heterocycles. The van der Waals surface area contributed by atoms with Gasteiger partial charge in [0, 0.05) is 13.1 Å². The van der Waals surface area contributed by atoms with Gasteiger partial charge in [-0.3, -0.25) is 0 Å². The Morgan fingerprint density at radius 2 is 1.95 bits per heavy atom. The molecule has 1 N–H and O–H groups in total. The first-order valence-corrected chi connectivity index (χ1v) is 7.31. The van der Waals surface area contributed by atoms with Gasteiger partial charge in [-0.1, -0.05) is 13.8 Å². The molecule has 0 aromatic carbocycles. The summed E-state index contributed by atoms with van der Waals surface area (Å²) in [7, 11) is -3.41. The van der Waals surface area contributed by atoms with Crippen LogP contribution in [-0.2, 0) is 16.6 Å². The number of nitrogens with one attached hydrogen (secondary N) is 1. The monoisotopic (exact) mass is 314 g/mol. The van der Waals surface area contributed by atoms with Crippen molar-refractivity contribution in [2.45, 2.75) is 37.7 Å². The van der Waals surface area contributed by atoms with Crippen LogP contribution >= 0.6 is 0 Å². The average Bonchev–Trinajstić information content (AvgIpc) is 2.72. The molecular weight excluding hydrogens is 297 g/mol. The van der Waals surface area contributed by atoms with Gasteiger partial charge in [0.15, 0.2) is 0 Å². The molecule has 0 amide bonds. The van der Waals surface area contributed by atoms with Crippen LogP contribution in [0.4, 0.5) is 13.2 Å². The van der Waals surface area contributed by atoms with E-state index >= 15 is 0 Å². The van der Waals surface area contributed by atoms with Gasteiger partial charge in [-0.15, -0.1) is 0 Å². The van der Waals surface area contributed by atoms with E-state index in [1.807, 2.05) is 13.8 Å². The first kappa shape index (κ1) is 17.0. The molecule has 1 heterocycles. The van der Waals surface area contributed by atoms with Crippen molar-refractivity contribution in [3.63, 3.8) is 0 Å². The van der Waals surface area contributed by atoms with Crippen LogP contribution in [0.25, 0.3) is 0 Å². The van der Waals surface area contributed by atoms with Crippen LogP contribution in [-0.4, -0.2) is 38.5 Å². The molecule has 0 radical (unpaired) electrons. The summed E-state index contributed by atoms with van der Waals surface area (Å²) in [5.41, 5.74) is 0. The highest BCUT2D eigenvalue weighted by Gasteiger charge is 2.36. The van der Waals surface area contributed by atoms with Gasteiger partial charge >= 0.3 is 6.18 Å². The number of hydrogen-bond acceptors (Lipinski definition) is 4. The van der Waals surface area contributed by atoms with E-state index < -0.39 is 27.8 Å². The molecule has 0 bridgehead atoms. The first-order valence-electron chi connectivity index (χ1n) is 5.87. The number of sulfonamides is 1. The number of halogens is 3. The van der Waals surface area contributed by atoms with Crippen molar-refractivity contribution in [3.8, 4) is 0 Å². The molecule has 1 rings (SSSR count). The Balaban J connectivity index is 2.83. The van der Waals surface area contributed by atoms with Crippen molar-refractivity contribution in [1.29, 1.82) is 0 Å². The molecule has 20 heavy (non-hydrogen) atoms. The molecule has 0 spiro atoms. The fraction of sp³-hybridized carbons (Fsp3) is 0.636. The zero-order valence-corrected chi connectivity index (χ0v) is 12.2. The van der Waals surface area contributed by atoms with E-state index in [1.54, 1.807) is 0 Å². The molecule has 0 atom stereocenters. The highest BCUT2D eigenvalue weighted by Crippen LogP contribution is 2.22. The van der Waals surface area contributed by atoms with E-state index in [0.717, 1.165) is 13.1 Å². The molecule has 116 valence electrons. The molecule has 5 nitrogen and oxygen atoms in total. The fourth-order valence-corrected chi connectivity index (χ4v) is 2.46. The molecule has 0 aliphatic rings. The summed E-state index contributed by atoms with van der Waals surface area (Å²) in [6, 6.07) is 2.75. The molecule has 0 saturated carbocycles. The second-order valence-corrected chi connectivity index (χ2v) is 6.61. The minimum Gasteiger partial charge on any atom is -0.447 e. The van der Waals surface area contributed by atoms with Crippen molar-refractivity contribution in [2.75, 3.05) is 13.6 Å². The topological polar surface area (TPSA) is 62.6 Å². The minimum atomic E-state index is -4.60. The maximum absolute atomic E-state index is 12.2. The third-order valence-corrected chi connectivity index (χ3v) is 4.07. The van der Waals surface area contributed by atoms with Crippen molar-refractivity contribution in [3.05, 3.63) is 17.9 Å². The van der Waals surface area contributed by atoms with Gasteiger partial charge in [-0.25, -0.2) is 8.42 Å². The van der Waals surface area contributed by atoms with Crippen molar-refractivity contribution in [2.24, 2.45) is 0 Å². The van der Waals surface area contributed by atoms with Crippen molar-refractivity contribution in [1.82, 2.24) is 9.62 Å². The van der Waals surface area contributed by atoms with Crippen LogP contribution < -0.4 is 5.32 Å². The standard InChI is InChI=1S/C11H17F3N2O3S/c1-8(2)15-6-9-4-5-10(19-9)20(17,18)16(3)7-11(12,13)14/h4-5,8,15H,6-7H2,1-3H3. The van der Waals surface area contributed by atoms with Crippen molar-refractivity contribution >= 4 is 10.0 Å². The quantitative estimate of drug-likeness (QED) is 0.872. The third-order valence-electron chi connectivity index (χ3n) is 2.39. The largest absolute Gasteiger partial charge is 0.447 e. The highest BCUT2D eigenvalue weighted by atomic mass is 32.2. The Labute approximate surface area is 115 Å². The summed E-state index contributed by atoms with van der Waals surface area (Å²) in [5, 5.41) is 2.52. The van der Waals surface area contributed by atoms with Gasteiger partial charge < -0.3 is 9.73 Å². The van der Waals surface area contributed by atoms with Crippen molar-refractivity contribution < 1.29 is 26.0 Å². The summed E-state index contributed by atoms with van der Waals surface area (Å²) in [5.74, 6) is 0.345. The minimum absolute atomic E-state index is 0.174. The number of furan rings is 1. The van der Waals surface area contributed by atoms with E-state index in [1.165, 1.54) is 6.07 Å². The molecule has 0 unspecified atom stereocenters. The number of rotatable bonds is 6. The number of hydrogen-bond donors (Lipinski definition) is 1. The Hall–Kier alpha value is -1.06. The second-order valence-electron chi connectivity index (χ2n) is 4.63. The normalized spacial score (nSPS) is 13.4. The molecule has 1 aromatic rings. The summed E-state index contributed by atoms with van der Waals surface area (Å²) in [6.45, 7) is 2.54. The molecule has 0 aliphatic heterocycles. The van der Waals surface area contributed by atoms with Crippen LogP contribution in [0.2, 0.25) is 0 Å². The van der Waals surface area contributed by atoms with E-state index in [4.69, 9.17) is 4.42 Å². The summed E-state index contributed by atoms with van der Waals surface area (Å²) in [6.07, 6.45) is -4.60. The first-order chi connectivity index (χ1) is 9.02. The van der Waals surface area contributed by atoms with Crippen LogP contribution in [0.1, 0.15) is 19.6 Å². The number of nitrogens with zero attached hydrogens (tertiary/aromatic N) is 1. The van der Waals surface area contributed by atoms with E-state index in [2.05, 4.69) is 5.32 Å². The van der Waals surface area contributed by atoms with Gasteiger partial charge in [-0.2, -0.15) is 17.5 Å². The second kappa shape index (κ2) is 6.15. The van der Waals surface area contributed by atoms with Gasteiger partial charge in [0.25, 0.3) is 10.0 Å². The maximum Gasteiger partial charge on any atom is 0.402 e. The SMILES string of the molecule is CC(C)NCc1ccc(S(=O)(=O)N(C)CC(F)(F)F)o1. The Morgan fingerprint density at radius 3 is 2.45 bits per heavy atom. The summed E-state index contributed by atoms with van der Waals surface area (Å²) < 4.78 is 65.7. The van der Waals surface area contributed by atoms with Gasteiger partial charge in [-0.05, 0) is 12.1 Å². The van der Waals surface area contributed by atoms with E-state index in [-0.39, 0.29) is 10.3 Å². The Bertz CT molecular complexity index is 537. The zero-order chi connectivity index (χ0) is 15.6. The Kier molecular flexibility index (Phi) is 5.22. The summed E-state index contributed by atoms with van der Waals surface area (Å²) in [4.78, 5) is 0. The van der Waals surface area contributed by atoms with Gasteiger partial charge in [0.05, 0.1) is 6.54 Å². The molecule has 0 aliphatic carbocycles. The number of alkyl halides is 3. The third kappa shape index (κ3) is 4.80. The van der Waals surface area contributed by atoms with Crippen LogP contribution in [0.5, 0.6) is 0 Å².